The molecule has 18 heavy (non-hydrogen) atoms. The molecule has 1 aromatic rings. The van der Waals surface area contributed by atoms with Crippen LogP contribution >= 0.6 is 0 Å². The van der Waals surface area contributed by atoms with Crippen LogP contribution in [0.15, 0.2) is 18.2 Å². The molecule has 2 rings (SSSR count). The lowest BCUT2D eigenvalue weighted by Gasteiger charge is -2.16. The SMILES string of the molecule is CC(=O)N[C@@H](CC(=O)O)c1ccc2c(c1)OCO2. The van der Waals surface area contributed by atoms with Gasteiger partial charge in [0.25, 0.3) is 0 Å². The minimum absolute atomic E-state index is 0.155. The number of carbonyl (C=O) groups excluding carboxylic acids is 1. The van der Waals surface area contributed by atoms with Crippen molar-refractivity contribution in [3.8, 4) is 11.5 Å². The van der Waals surface area contributed by atoms with E-state index in [0.29, 0.717) is 17.1 Å². The van der Waals surface area contributed by atoms with Gasteiger partial charge in [-0.1, -0.05) is 6.07 Å². The maximum Gasteiger partial charge on any atom is 0.305 e. The fourth-order valence-corrected chi connectivity index (χ4v) is 1.80. The van der Waals surface area contributed by atoms with E-state index < -0.39 is 12.0 Å². The van der Waals surface area contributed by atoms with E-state index in [2.05, 4.69) is 5.32 Å². The topological polar surface area (TPSA) is 84.9 Å². The minimum atomic E-state index is -0.980. The van der Waals surface area contributed by atoms with Crippen LogP contribution in [-0.2, 0) is 9.59 Å². The number of hydrogen-bond donors (Lipinski definition) is 2. The lowest BCUT2D eigenvalue weighted by Crippen LogP contribution is -2.27. The molecule has 0 fully saturated rings. The molecule has 1 aliphatic rings. The van der Waals surface area contributed by atoms with Gasteiger partial charge in [0.2, 0.25) is 12.7 Å². The summed E-state index contributed by atoms with van der Waals surface area (Å²) in [6, 6.07) is 4.53. The Kier molecular flexibility index (Phi) is 3.36. The van der Waals surface area contributed by atoms with Crippen molar-refractivity contribution in [3.05, 3.63) is 23.8 Å². The molecule has 96 valence electrons. The van der Waals surface area contributed by atoms with Crippen LogP contribution in [0.1, 0.15) is 24.9 Å². The number of aliphatic carboxylic acids is 1. The number of carboxylic acids is 1. The average molecular weight is 251 g/mol. The van der Waals surface area contributed by atoms with E-state index in [0.717, 1.165) is 0 Å². The second-order valence-electron chi connectivity index (χ2n) is 3.96. The van der Waals surface area contributed by atoms with Gasteiger partial charge in [0.15, 0.2) is 11.5 Å². The Morgan fingerprint density at radius 3 is 2.78 bits per heavy atom. The van der Waals surface area contributed by atoms with Crippen LogP contribution in [0.5, 0.6) is 11.5 Å². The predicted molar refractivity (Wildman–Crippen MR) is 61.4 cm³/mol. The van der Waals surface area contributed by atoms with Crippen LogP contribution in [0, 0.1) is 0 Å². The lowest BCUT2D eigenvalue weighted by atomic mass is 10.0. The Bertz CT molecular complexity index is 469. The van der Waals surface area contributed by atoms with Gasteiger partial charge in [-0.15, -0.1) is 0 Å². The maximum atomic E-state index is 11.1. The van der Waals surface area contributed by atoms with Gasteiger partial charge in [0.1, 0.15) is 0 Å². The molecule has 0 bridgehead atoms. The number of hydrogen-bond acceptors (Lipinski definition) is 4. The van der Waals surface area contributed by atoms with Crippen molar-refractivity contribution in [2.45, 2.75) is 19.4 Å². The van der Waals surface area contributed by atoms with Crippen molar-refractivity contribution in [3.63, 3.8) is 0 Å². The first kappa shape index (κ1) is 12.2. The van der Waals surface area contributed by atoms with Gasteiger partial charge in [-0.3, -0.25) is 9.59 Å². The zero-order valence-electron chi connectivity index (χ0n) is 9.80. The van der Waals surface area contributed by atoms with Gasteiger partial charge in [-0.25, -0.2) is 0 Å². The zero-order chi connectivity index (χ0) is 13.1. The fraction of sp³-hybridized carbons (Fsp3) is 0.333. The quantitative estimate of drug-likeness (QED) is 0.836. The summed E-state index contributed by atoms with van der Waals surface area (Å²) >= 11 is 0. The van der Waals surface area contributed by atoms with Gasteiger partial charge in [-0.2, -0.15) is 0 Å². The highest BCUT2D eigenvalue weighted by Gasteiger charge is 2.20. The Morgan fingerprint density at radius 1 is 1.39 bits per heavy atom. The smallest absolute Gasteiger partial charge is 0.305 e. The molecule has 1 heterocycles. The number of carbonyl (C=O) groups is 2. The molecule has 0 aromatic heterocycles. The molecule has 2 N–H and O–H groups in total. The van der Waals surface area contributed by atoms with Crippen LogP contribution < -0.4 is 14.8 Å². The molecule has 6 heteroatoms. The molecule has 0 aliphatic carbocycles. The molecule has 1 aromatic carbocycles. The van der Waals surface area contributed by atoms with Crippen LogP contribution in [0.25, 0.3) is 0 Å². The predicted octanol–water partition coefficient (Wildman–Crippen LogP) is 1.07. The minimum Gasteiger partial charge on any atom is -0.481 e. The number of amides is 1. The number of benzene rings is 1. The molecule has 1 atom stereocenters. The van der Waals surface area contributed by atoms with Gasteiger partial charge >= 0.3 is 5.97 Å². The first-order valence-corrected chi connectivity index (χ1v) is 5.44. The Balaban J connectivity index is 2.24. The van der Waals surface area contributed by atoms with Crippen LogP contribution in [0.3, 0.4) is 0 Å². The van der Waals surface area contributed by atoms with Crippen LogP contribution in [0.2, 0.25) is 0 Å². The first-order chi connectivity index (χ1) is 8.56. The summed E-state index contributed by atoms with van der Waals surface area (Å²) in [4.78, 5) is 21.9. The molecule has 1 amide bonds. The molecule has 0 saturated carbocycles. The molecular formula is C12H13NO5. The normalized spacial score (nSPS) is 14.1. The third-order valence-electron chi connectivity index (χ3n) is 2.56. The van der Waals surface area contributed by atoms with Crippen molar-refractivity contribution in [1.29, 1.82) is 0 Å². The maximum absolute atomic E-state index is 11.1. The summed E-state index contributed by atoms with van der Waals surface area (Å²) in [7, 11) is 0. The lowest BCUT2D eigenvalue weighted by molar-refractivity contribution is -0.137. The second kappa shape index (κ2) is 4.95. The highest BCUT2D eigenvalue weighted by Crippen LogP contribution is 2.34. The zero-order valence-corrected chi connectivity index (χ0v) is 9.80. The highest BCUT2D eigenvalue weighted by molar-refractivity contribution is 5.75. The van der Waals surface area contributed by atoms with Gasteiger partial charge in [0.05, 0.1) is 12.5 Å². The molecule has 6 nitrogen and oxygen atoms in total. The molecule has 0 radical (unpaired) electrons. The molecular weight excluding hydrogens is 238 g/mol. The summed E-state index contributed by atoms with van der Waals surface area (Å²) in [5, 5.41) is 11.4. The van der Waals surface area contributed by atoms with E-state index in [1.807, 2.05) is 0 Å². The molecule has 0 unspecified atom stereocenters. The van der Waals surface area contributed by atoms with E-state index in [-0.39, 0.29) is 19.1 Å². The van der Waals surface area contributed by atoms with E-state index in [1.54, 1.807) is 18.2 Å². The second-order valence-corrected chi connectivity index (χ2v) is 3.96. The van der Waals surface area contributed by atoms with E-state index in [9.17, 15) is 9.59 Å². The fourth-order valence-electron chi connectivity index (χ4n) is 1.80. The largest absolute Gasteiger partial charge is 0.481 e. The van der Waals surface area contributed by atoms with Crippen molar-refractivity contribution in [2.24, 2.45) is 0 Å². The number of carboxylic acid groups (broad SMARTS) is 1. The number of nitrogens with one attached hydrogen (secondary N) is 1. The number of ether oxygens (including phenoxy) is 2. The van der Waals surface area contributed by atoms with E-state index in [1.165, 1.54) is 6.92 Å². The van der Waals surface area contributed by atoms with Crippen molar-refractivity contribution >= 4 is 11.9 Å². The van der Waals surface area contributed by atoms with Crippen LogP contribution in [0.4, 0.5) is 0 Å². The molecule has 0 saturated heterocycles. The van der Waals surface area contributed by atoms with Gasteiger partial charge in [0, 0.05) is 6.92 Å². The average Bonchev–Trinajstić information content (AvgIpc) is 2.73. The Labute approximate surface area is 104 Å². The third-order valence-corrected chi connectivity index (χ3v) is 2.56. The summed E-state index contributed by atoms with van der Waals surface area (Å²) in [5.74, 6) is -0.0748. The third kappa shape index (κ3) is 2.71. The number of rotatable bonds is 4. The number of fused-ring (bicyclic) bond motifs is 1. The van der Waals surface area contributed by atoms with Gasteiger partial charge < -0.3 is 19.9 Å². The monoisotopic (exact) mass is 251 g/mol. The van der Waals surface area contributed by atoms with E-state index in [4.69, 9.17) is 14.6 Å². The Hall–Kier alpha value is -2.24. The highest BCUT2D eigenvalue weighted by atomic mass is 16.7. The van der Waals surface area contributed by atoms with Crippen molar-refractivity contribution in [2.75, 3.05) is 6.79 Å². The van der Waals surface area contributed by atoms with Crippen LogP contribution in [-0.4, -0.2) is 23.8 Å². The summed E-state index contributed by atoms with van der Waals surface area (Å²) in [5.41, 5.74) is 0.678. The standard InChI is InChI=1S/C12H13NO5/c1-7(14)13-9(5-12(15)16)8-2-3-10-11(4-8)18-6-17-10/h2-4,9H,5-6H2,1H3,(H,13,14)(H,15,16)/t9-/m0/s1. The first-order valence-electron chi connectivity index (χ1n) is 5.44. The summed E-state index contributed by atoms with van der Waals surface area (Å²) < 4.78 is 10.4. The summed E-state index contributed by atoms with van der Waals surface area (Å²) in [6.07, 6.45) is -0.181. The van der Waals surface area contributed by atoms with Gasteiger partial charge in [-0.05, 0) is 17.7 Å². The van der Waals surface area contributed by atoms with Crippen molar-refractivity contribution < 1.29 is 24.2 Å². The van der Waals surface area contributed by atoms with E-state index >= 15 is 0 Å². The molecule has 1 aliphatic heterocycles. The summed E-state index contributed by atoms with van der Waals surface area (Å²) in [6.45, 7) is 1.50. The van der Waals surface area contributed by atoms with Crippen molar-refractivity contribution in [1.82, 2.24) is 5.32 Å². The molecule has 0 spiro atoms. The Morgan fingerprint density at radius 2 is 2.11 bits per heavy atom.